The van der Waals surface area contributed by atoms with Crippen LogP contribution in [0.25, 0.3) is 12.2 Å². The molecular formula is C14H12N2O8S2. The lowest BCUT2D eigenvalue weighted by atomic mass is 10.1. The molecule has 0 amide bonds. The van der Waals surface area contributed by atoms with Gasteiger partial charge in [0.1, 0.15) is 10.6 Å². The zero-order valence-corrected chi connectivity index (χ0v) is 14.4. The molecule has 0 radical (unpaired) electrons. The van der Waals surface area contributed by atoms with Crippen LogP contribution in [-0.4, -0.2) is 30.9 Å². The third-order valence-electron chi connectivity index (χ3n) is 3.22. The number of hydrogen-bond donors (Lipinski definition) is 3. The van der Waals surface area contributed by atoms with Gasteiger partial charge in [-0.1, -0.05) is 42.5 Å². The summed E-state index contributed by atoms with van der Waals surface area (Å²) >= 11 is 0. The number of hydrogen-bond acceptors (Lipinski definition) is 7. The number of rotatable bonds is 5. The molecule has 0 bridgehead atoms. The van der Waals surface area contributed by atoms with E-state index >= 15 is 0 Å². The molecule has 0 spiro atoms. The van der Waals surface area contributed by atoms with Crippen LogP contribution in [0.2, 0.25) is 0 Å². The Morgan fingerprint density at radius 2 is 1.50 bits per heavy atom. The summed E-state index contributed by atoms with van der Waals surface area (Å²) in [4.78, 5) is 6.91. The van der Waals surface area contributed by atoms with Crippen LogP contribution in [0, 0.1) is 10.1 Å². The maximum atomic E-state index is 11.7. The SMILES string of the molecule is Nc1cc(C=Cc2ccccc2)c(S(=O)(=O)O)c(S(=O)(=O)O)c1[N+](=O)[O-]. The Labute approximate surface area is 148 Å². The maximum Gasteiger partial charge on any atom is 0.314 e. The molecule has 0 aliphatic heterocycles. The van der Waals surface area contributed by atoms with E-state index in [1.807, 2.05) is 0 Å². The monoisotopic (exact) mass is 400 g/mol. The van der Waals surface area contributed by atoms with Crippen LogP contribution >= 0.6 is 0 Å². The van der Waals surface area contributed by atoms with E-state index in [4.69, 9.17) is 5.73 Å². The van der Waals surface area contributed by atoms with Gasteiger partial charge in [-0.2, -0.15) is 16.8 Å². The summed E-state index contributed by atoms with van der Waals surface area (Å²) in [6, 6.07) is 9.18. The molecule has 0 fully saturated rings. The molecule has 0 saturated heterocycles. The average molecular weight is 400 g/mol. The Kier molecular flexibility index (Phi) is 5.13. The fourth-order valence-electron chi connectivity index (χ4n) is 2.24. The van der Waals surface area contributed by atoms with Crippen LogP contribution in [0.5, 0.6) is 0 Å². The molecule has 0 aliphatic carbocycles. The first-order chi connectivity index (χ1) is 11.9. The third kappa shape index (κ3) is 4.05. The van der Waals surface area contributed by atoms with Gasteiger partial charge in [-0.3, -0.25) is 19.2 Å². The van der Waals surface area contributed by atoms with Gasteiger partial charge >= 0.3 is 15.8 Å². The lowest BCUT2D eigenvalue weighted by Crippen LogP contribution is -2.14. The molecule has 10 nitrogen and oxygen atoms in total. The van der Waals surface area contributed by atoms with Gasteiger partial charge in [0.05, 0.1) is 4.92 Å². The molecule has 2 aromatic carbocycles. The molecule has 4 N–H and O–H groups in total. The molecule has 138 valence electrons. The average Bonchev–Trinajstić information content (AvgIpc) is 2.50. The van der Waals surface area contributed by atoms with Crippen LogP contribution in [0.1, 0.15) is 11.1 Å². The van der Waals surface area contributed by atoms with Crippen molar-refractivity contribution in [2.45, 2.75) is 9.79 Å². The molecule has 0 saturated carbocycles. The van der Waals surface area contributed by atoms with Crippen LogP contribution < -0.4 is 5.73 Å². The minimum Gasteiger partial charge on any atom is -0.393 e. The summed E-state index contributed by atoms with van der Waals surface area (Å²) < 4.78 is 65.3. The van der Waals surface area contributed by atoms with Crippen molar-refractivity contribution in [2.24, 2.45) is 0 Å². The molecular weight excluding hydrogens is 388 g/mol. The van der Waals surface area contributed by atoms with E-state index in [9.17, 15) is 36.1 Å². The Balaban J connectivity index is 2.92. The number of nitrogens with zero attached hydrogens (tertiary/aromatic N) is 1. The quantitative estimate of drug-likeness (QED) is 0.222. The van der Waals surface area contributed by atoms with E-state index in [-0.39, 0.29) is 0 Å². The van der Waals surface area contributed by atoms with E-state index < -0.39 is 51.9 Å². The second-order valence-corrected chi connectivity index (χ2v) is 7.73. The highest BCUT2D eigenvalue weighted by Gasteiger charge is 2.37. The van der Waals surface area contributed by atoms with E-state index in [0.29, 0.717) is 5.56 Å². The molecule has 0 aromatic heterocycles. The summed E-state index contributed by atoms with van der Waals surface area (Å²) in [6.07, 6.45) is 2.45. The van der Waals surface area contributed by atoms with Crippen LogP contribution in [0.15, 0.2) is 46.2 Å². The van der Waals surface area contributed by atoms with Crippen molar-refractivity contribution in [1.82, 2.24) is 0 Å². The minimum atomic E-state index is -5.41. The molecule has 26 heavy (non-hydrogen) atoms. The normalized spacial score (nSPS) is 12.4. The van der Waals surface area contributed by atoms with Crippen LogP contribution in [0.4, 0.5) is 11.4 Å². The first-order valence-corrected chi connectivity index (χ1v) is 9.60. The molecule has 0 atom stereocenters. The molecule has 0 unspecified atom stereocenters. The minimum absolute atomic E-state index is 0.452. The van der Waals surface area contributed by atoms with Gasteiger partial charge in [0.2, 0.25) is 0 Å². The Morgan fingerprint density at radius 1 is 0.962 bits per heavy atom. The fraction of sp³-hybridized carbons (Fsp3) is 0. The van der Waals surface area contributed by atoms with Gasteiger partial charge in [0.25, 0.3) is 10.1 Å². The molecule has 0 heterocycles. The van der Waals surface area contributed by atoms with Crippen molar-refractivity contribution in [1.29, 1.82) is 0 Å². The number of anilines is 1. The number of benzene rings is 2. The second-order valence-electron chi connectivity index (χ2n) is 5.01. The predicted octanol–water partition coefficient (Wildman–Crippen LogP) is 1.84. The number of nitro groups is 1. The van der Waals surface area contributed by atoms with E-state index in [0.717, 1.165) is 12.1 Å². The second kappa shape index (κ2) is 6.84. The number of nitrogens with two attached hydrogens (primary N) is 1. The van der Waals surface area contributed by atoms with Gasteiger partial charge in [-0.15, -0.1) is 0 Å². The lowest BCUT2D eigenvalue weighted by molar-refractivity contribution is -0.387. The zero-order chi connectivity index (χ0) is 19.7. The van der Waals surface area contributed by atoms with Gasteiger partial charge in [0, 0.05) is 0 Å². The largest absolute Gasteiger partial charge is 0.393 e. The van der Waals surface area contributed by atoms with Gasteiger partial charge in [-0.05, 0) is 17.2 Å². The Morgan fingerprint density at radius 3 is 1.96 bits per heavy atom. The van der Waals surface area contributed by atoms with Crippen LogP contribution in [-0.2, 0) is 20.2 Å². The fourth-order valence-corrected chi connectivity index (χ4v) is 4.42. The summed E-state index contributed by atoms with van der Waals surface area (Å²) in [7, 11) is -10.7. The van der Waals surface area contributed by atoms with Crippen molar-refractivity contribution < 1.29 is 30.9 Å². The molecule has 12 heteroatoms. The maximum absolute atomic E-state index is 11.7. The van der Waals surface area contributed by atoms with E-state index in [1.165, 1.54) is 6.08 Å². The first-order valence-electron chi connectivity index (χ1n) is 6.72. The van der Waals surface area contributed by atoms with E-state index in [2.05, 4.69) is 0 Å². The number of nitro benzene ring substituents is 1. The van der Waals surface area contributed by atoms with Gasteiger partial charge < -0.3 is 5.73 Å². The first kappa shape index (κ1) is 19.5. The lowest BCUT2D eigenvalue weighted by Gasteiger charge is -2.11. The highest BCUT2D eigenvalue weighted by molar-refractivity contribution is 7.89. The molecule has 0 aliphatic rings. The Bertz CT molecular complexity index is 1110. The predicted molar refractivity (Wildman–Crippen MR) is 92.5 cm³/mol. The Hall–Kier alpha value is -2.80. The summed E-state index contributed by atoms with van der Waals surface area (Å²) in [5.74, 6) is 0. The van der Waals surface area contributed by atoms with Crippen LogP contribution in [0.3, 0.4) is 0 Å². The van der Waals surface area contributed by atoms with Crippen molar-refractivity contribution in [3.63, 3.8) is 0 Å². The molecule has 2 aromatic rings. The smallest absolute Gasteiger partial charge is 0.314 e. The summed E-state index contributed by atoms with van der Waals surface area (Å²) in [6.45, 7) is 0. The number of nitrogen functional groups attached to an aromatic ring is 1. The summed E-state index contributed by atoms with van der Waals surface area (Å²) in [5, 5.41) is 11.1. The zero-order valence-electron chi connectivity index (χ0n) is 12.8. The highest BCUT2D eigenvalue weighted by Crippen LogP contribution is 2.38. The van der Waals surface area contributed by atoms with Crippen molar-refractivity contribution in [3.05, 3.63) is 57.6 Å². The molecule has 2 rings (SSSR count). The van der Waals surface area contributed by atoms with Gasteiger partial charge in [-0.25, -0.2) is 0 Å². The summed E-state index contributed by atoms with van der Waals surface area (Å²) in [5.41, 5.74) is 3.55. The topological polar surface area (TPSA) is 178 Å². The van der Waals surface area contributed by atoms with Crippen molar-refractivity contribution in [3.8, 4) is 0 Å². The van der Waals surface area contributed by atoms with E-state index in [1.54, 1.807) is 30.3 Å². The highest BCUT2D eigenvalue weighted by atomic mass is 32.2. The van der Waals surface area contributed by atoms with Crippen molar-refractivity contribution in [2.75, 3.05) is 5.73 Å². The standard InChI is InChI=1S/C14H12N2O8S2/c15-11-8-10(7-6-9-4-2-1-3-5-9)13(25(19,20)21)14(26(22,23)24)12(11)16(17)18/h1-8H,15H2,(H,19,20,21)(H,22,23,24). The van der Waals surface area contributed by atoms with Crippen molar-refractivity contribution >= 4 is 43.8 Å². The van der Waals surface area contributed by atoms with Gasteiger partial charge in [0.15, 0.2) is 4.90 Å². The third-order valence-corrected chi connectivity index (χ3v) is 5.22.